The number of ether oxygens (including phenoxy) is 3. The monoisotopic (exact) mass is 650 g/mol. The van der Waals surface area contributed by atoms with Gasteiger partial charge < -0.3 is 19.3 Å². The lowest BCUT2D eigenvalue weighted by Crippen LogP contribution is -2.12. The summed E-state index contributed by atoms with van der Waals surface area (Å²) in [7, 11) is 0. The van der Waals surface area contributed by atoms with Crippen molar-refractivity contribution in [2.75, 3.05) is 0 Å². The number of hydrogen-bond donors (Lipinski definition) is 1. The van der Waals surface area contributed by atoms with Crippen molar-refractivity contribution in [3.8, 4) is 34.5 Å². The molecule has 0 radical (unpaired) electrons. The molecular formula is C25H4F14O5. The zero-order chi connectivity index (χ0) is 32.9. The van der Waals surface area contributed by atoms with Gasteiger partial charge in [-0.3, -0.25) is 0 Å². The van der Waals surface area contributed by atoms with Crippen LogP contribution in [0.4, 0.5) is 61.5 Å². The molecule has 0 amide bonds. The lowest BCUT2D eigenvalue weighted by Gasteiger charge is -2.20. The Morgan fingerprint density at radius 2 is 0.591 bits per heavy atom. The molecule has 0 aliphatic carbocycles. The maximum absolute atomic E-state index is 15.5. The number of halogens is 14. The van der Waals surface area contributed by atoms with Crippen LogP contribution in [0.2, 0.25) is 0 Å². The summed E-state index contributed by atoms with van der Waals surface area (Å²) >= 11 is 0. The summed E-state index contributed by atoms with van der Waals surface area (Å²) in [5, 5.41) is 9.56. The van der Waals surface area contributed by atoms with E-state index in [1.54, 1.807) is 0 Å². The standard InChI is InChI=1S/C25H4F14O5/c26-4-1-5(27)12(33)21(11(4)32)42-19-10(25(40)41)20(43-22-13(34)6(28)2-7(29)14(22)35)18(39)24(17(19)38)44-23-15(36)8(30)3-9(31)16(23)37/h1-3H,(H,40,41). The molecular weight excluding hydrogens is 646 g/mol. The molecule has 0 atom stereocenters. The fourth-order valence-electron chi connectivity index (χ4n) is 3.33. The fraction of sp³-hybridized carbons (Fsp3) is 0. The summed E-state index contributed by atoms with van der Waals surface area (Å²) in [5.74, 6) is -51.3. The van der Waals surface area contributed by atoms with Gasteiger partial charge in [0.15, 0.2) is 52.0 Å². The molecule has 0 aliphatic rings. The second kappa shape index (κ2) is 11.5. The number of carboxylic acids is 1. The predicted molar refractivity (Wildman–Crippen MR) is 112 cm³/mol. The maximum Gasteiger partial charge on any atom is 0.343 e. The average molecular weight is 650 g/mol. The highest BCUT2D eigenvalue weighted by atomic mass is 19.2. The Hall–Kier alpha value is -5.23. The van der Waals surface area contributed by atoms with Gasteiger partial charge in [-0.25, -0.2) is 31.1 Å². The fourth-order valence-corrected chi connectivity index (χ4v) is 3.33. The lowest BCUT2D eigenvalue weighted by molar-refractivity contribution is 0.0688. The molecule has 4 aromatic rings. The molecule has 0 aromatic heterocycles. The highest BCUT2D eigenvalue weighted by Crippen LogP contribution is 2.48. The molecule has 4 aromatic carbocycles. The minimum absolute atomic E-state index is 0.422. The second-order valence-corrected chi connectivity index (χ2v) is 7.99. The molecule has 1 N–H and O–H groups in total. The van der Waals surface area contributed by atoms with Crippen molar-refractivity contribution in [2.24, 2.45) is 0 Å². The Balaban J connectivity index is 2.12. The Labute approximate surface area is 232 Å². The van der Waals surface area contributed by atoms with Crippen molar-refractivity contribution in [1.29, 1.82) is 0 Å². The van der Waals surface area contributed by atoms with E-state index in [2.05, 4.69) is 14.2 Å². The molecule has 0 unspecified atom stereocenters. The first-order chi connectivity index (χ1) is 20.5. The normalized spacial score (nSPS) is 11.1. The zero-order valence-electron chi connectivity index (χ0n) is 20.1. The van der Waals surface area contributed by atoms with Gasteiger partial charge >= 0.3 is 5.97 Å². The number of hydrogen-bond acceptors (Lipinski definition) is 4. The van der Waals surface area contributed by atoms with E-state index in [0.717, 1.165) is 0 Å². The number of aromatic carboxylic acids is 1. The SMILES string of the molecule is O=C(O)c1c(Oc2c(F)c(F)cc(F)c2F)c(F)c(Oc2c(F)c(F)cc(F)c2F)c(F)c1Oc1c(F)c(F)cc(F)c1F. The third kappa shape index (κ3) is 5.24. The number of carboxylic acid groups (broad SMARTS) is 1. The van der Waals surface area contributed by atoms with Gasteiger partial charge in [-0.05, 0) is 0 Å². The van der Waals surface area contributed by atoms with Crippen molar-refractivity contribution in [2.45, 2.75) is 0 Å². The van der Waals surface area contributed by atoms with E-state index in [-0.39, 0.29) is 0 Å². The molecule has 0 aliphatic heterocycles. The zero-order valence-corrected chi connectivity index (χ0v) is 20.1. The molecule has 4 rings (SSSR count). The molecule has 44 heavy (non-hydrogen) atoms. The summed E-state index contributed by atoms with van der Waals surface area (Å²) in [5.41, 5.74) is -2.27. The van der Waals surface area contributed by atoms with Crippen LogP contribution in [0.1, 0.15) is 10.4 Å². The van der Waals surface area contributed by atoms with Gasteiger partial charge in [-0.2, -0.15) is 35.1 Å². The number of benzene rings is 4. The van der Waals surface area contributed by atoms with Gasteiger partial charge in [-0.1, -0.05) is 0 Å². The van der Waals surface area contributed by atoms with Crippen molar-refractivity contribution in [3.05, 3.63) is 105 Å². The highest BCUT2D eigenvalue weighted by molar-refractivity contribution is 5.95. The van der Waals surface area contributed by atoms with Crippen molar-refractivity contribution < 1.29 is 85.6 Å². The van der Waals surface area contributed by atoms with E-state index in [0.29, 0.717) is 0 Å². The maximum atomic E-state index is 15.5. The first kappa shape index (κ1) is 31.7. The summed E-state index contributed by atoms with van der Waals surface area (Å²) in [4.78, 5) is 12.0. The van der Waals surface area contributed by atoms with Gasteiger partial charge in [0, 0.05) is 18.2 Å². The van der Waals surface area contributed by atoms with E-state index in [4.69, 9.17) is 0 Å². The van der Waals surface area contributed by atoms with Crippen molar-refractivity contribution in [1.82, 2.24) is 0 Å². The van der Waals surface area contributed by atoms with Gasteiger partial charge in [0.25, 0.3) is 0 Å². The van der Waals surface area contributed by atoms with Crippen LogP contribution >= 0.6 is 0 Å². The van der Waals surface area contributed by atoms with Gasteiger partial charge in [-0.15, -0.1) is 0 Å². The quantitative estimate of drug-likeness (QED) is 0.160. The summed E-state index contributed by atoms with van der Waals surface area (Å²) in [6.07, 6.45) is 0. The van der Waals surface area contributed by atoms with Crippen LogP contribution in [0.3, 0.4) is 0 Å². The Morgan fingerprint density at radius 1 is 0.386 bits per heavy atom. The van der Waals surface area contributed by atoms with E-state index in [1.807, 2.05) is 0 Å². The van der Waals surface area contributed by atoms with Crippen LogP contribution in [0.25, 0.3) is 0 Å². The van der Waals surface area contributed by atoms with E-state index in [9.17, 15) is 62.6 Å². The van der Waals surface area contributed by atoms with Gasteiger partial charge in [0.1, 0.15) is 0 Å². The van der Waals surface area contributed by atoms with E-state index < -0.39 is 146 Å². The third-order valence-corrected chi connectivity index (χ3v) is 5.29. The minimum atomic E-state index is -2.77. The van der Waals surface area contributed by atoms with Gasteiger partial charge in [0.05, 0.1) is 0 Å². The largest absolute Gasteiger partial charge is 0.477 e. The molecule has 19 heteroatoms. The Bertz CT molecular complexity index is 1710. The molecule has 0 saturated carbocycles. The van der Waals surface area contributed by atoms with Crippen molar-refractivity contribution in [3.63, 3.8) is 0 Å². The van der Waals surface area contributed by atoms with Crippen LogP contribution in [0, 0.1) is 81.4 Å². The Morgan fingerprint density at radius 3 is 0.818 bits per heavy atom. The van der Waals surface area contributed by atoms with Crippen LogP contribution in [0.5, 0.6) is 34.5 Å². The number of rotatable bonds is 7. The summed E-state index contributed by atoms with van der Waals surface area (Å²) < 4.78 is 211. The van der Waals surface area contributed by atoms with Crippen LogP contribution < -0.4 is 14.2 Å². The average Bonchev–Trinajstić information content (AvgIpc) is 2.95. The van der Waals surface area contributed by atoms with Crippen molar-refractivity contribution >= 4 is 5.97 Å². The smallest absolute Gasteiger partial charge is 0.343 e. The highest BCUT2D eigenvalue weighted by Gasteiger charge is 2.37. The summed E-state index contributed by atoms with van der Waals surface area (Å²) in [6.45, 7) is 0. The first-order valence-electron chi connectivity index (χ1n) is 10.8. The minimum Gasteiger partial charge on any atom is -0.477 e. The lowest BCUT2D eigenvalue weighted by atomic mass is 10.1. The van der Waals surface area contributed by atoms with Gasteiger partial charge in [0.2, 0.25) is 69.5 Å². The second-order valence-electron chi connectivity index (χ2n) is 7.99. The Kier molecular flexibility index (Phi) is 8.25. The van der Waals surface area contributed by atoms with E-state index in [1.165, 1.54) is 0 Å². The van der Waals surface area contributed by atoms with Crippen LogP contribution in [-0.2, 0) is 0 Å². The third-order valence-electron chi connectivity index (χ3n) is 5.29. The predicted octanol–water partition coefficient (Wildman–Crippen LogP) is 8.71. The first-order valence-corrected chi connectivity index (χ1v) is 10.8. The topological polar surface area (TPSA) is 65.0 Å². The van der Waals surface area contributed by atoms with Crippen LogP contribution in [0.15, 0.2) is 18.2 Å². The molecule has 0 saturated heterocycles. The molecule has 0 fully saturated rings. The van der Waals surface area contributed by atoms with E-state index >= 15 is 8.78 Å². The molecule has 232 valence electrons. The van der Waals surface area contributed by atoms with Crippen LogP contribution in [-0.4, -0.2) is 11.1 Å². The number of carbonyl (C=O) groups is 1. The molecule has 0 heterocycles. The molecule has 0 spiro atoms. The molecule has 0 bridgehead atoms. The summed E-state index contributed by atoms with van der Waals surface area (Å²) in [6, 6.07) is -1.27. The molecule has 5 nitrogen and oxygen atoms in total.